The number of sulfonamides is 1. The second-order valence-electron chi connectivity index (χ2n) is 9.08. The minimum Gasteiger partial charge on any atom is -0.494 e. The lowest BCUT2D eigenvalue weighted by molar-refractivity contribution is -0.140. The first-order valence-electron chi connectivity index (χ1n) is 13.4. The number of carbonyl (C=O) groups excluding carboxylic acids is 2. The van der Waals surface area contributed by atoms with Crippen molar-refractivity contribution in [3.8, 4) is 5.75 Å². The van der Waals surface area contributed by atoms with Gasteiger partial charge in [0.05, 0.1) is 17.2 Å². The monoisotopic (exact) mass is 617 g/mol. The highest BCUT2D eigenvalue weighted by atomic mass is 35.5. The average molecular weight is 618 g/mol. The minimum absolute atomic E-state index is 0.0528. The molecule has 0 aliphatic carbocycles. The Morgan fingerprint density at radius 2 is 1.59 bits per heavy atom. The molecule has 1 N–H and O–H groups in total. The van der Waals surface area contributed by atoms with Crippen molar-refractivity contribution in [2.75, 3.05) is 30.3 Å². The van der Waals surface area contributed by atoms with Crippen LogP contribution in [0.4, 0.5) is 5.69 Å². The van der Waals surface area contributed by atoms with Crippen molar-refractivity contribution in [3.63, 3.8) is 0 Å². The van der Waals surface area contributed by atoms with Crippen LogP contribution in [0.25, 0.3) is 0 Å². The van der Waals surface area contributed by atoms with Gasteiger partial charge >= 0.3 is 0 Å². The van der Waals surface area contributed by atoms with Gasteiger partial charge in [-0.25, -0.2) is 8.42 Å². The van der Waals surface area contributed by atoms with Crippen molar-refractivity contribution in [2.24, 2.45) is 0 Å². The largest absolute Gasteiger partial charge is 0.494 e. The first-order chi connectivity index (χ1) is 19.6. The molecule has 0 saturated carbocycles. The van der Waals surface area contributed by atoms with E-state index in [4.69, 9.17) is 16.3 Å². The summed E-state index contributed by atoms with van der Waals surface area (Å²) < 4.78 is 34.6. The van der Waals surface area contributed by atoms with E-state index < -0.39 is 28.5 Å². The van der Waals surface area contributed by atoms with Crippen LogP contribution in [-0.2, 0) is 26.2 Å². The molecule has 0 heterocycles. The van der Waals surface area contributed by atoms with Gasteiger partial charge in [0.2, 0.25) is 11.8 Å². The van der Waals surface area contributed by atoms with Gasteiger partial charge in [0.15, 0.2) is 0 Å². The van der Waals surface area contributed by atoms with Crippen molar-refractivity contribution in [2.45, 2.75) is 49.6 Å². The predicted molar refractivity (Wildman–Crippen MR) is 165 cm³/mol. The van der Waals surface area contributed by atoms with Crippen LogP contribution in [0.2, 0.25) is 5.02 Å². The van der Waals surface area contributed by atoms with E-state index >= 15 is 0 Å². The molecule has 220 valence electrons. The summed E-state index contributed by atoms with van der Waals surface area (Å²) in [5.41, 5.74) is 1.06. The summed E-state index contributed by atoms with van der Waals surface area (Å²) in [6, 6.07) is 19.2. The lowest BCUT2D eigenvalue weighted by atomic mass is 10.1. The minimum atomic E-state index is -4.16. The zero-order valence-electron chi connectivity index (χ0n) is 23.7. The first kappa shape index (κ1) is 32.3. The fourth-order valence-electron chi connectivity index (χ4n) is 4.28. The molecule has 0 unspecified atom stereocenters. The van der Waals surface area contributed by atoms with Gasteiger partial charge in [0, 0.05) is 23.0 Å². The highest BCUT2D eigenvalue weighted by molar-refractivity contribution is 7.98. The van der Waals surface area contributed by atoms with E-state index in [0.29, 0.717) is 36.0 Å². The predicted octanol–water partition coefficient (Wildman–Crippen LogP) is 5.60. The molecule has 3 rings (SSSR count). The van der Waals surface area contributed by atoms with Crippen molar-refractivity contribution in [3.05, 3.63) is 83.4 Å². The molecule has 3 aromatic rings. The van der Waals surface area contributed by atoms with E-state index in [-0.39, 0.29) is 17.3 Å². The molecule has 11 heteroatoms. The number of halogens is 1. The molecular weight excluding hydrogens is 582 g/mol. The molecule has 0 aliphatic heterocycles. The Hall–Kier alpha value is -3.21. The summed E-state index contributed by atoms with van der Waals surface area (Å²) in [6.45, 7) is 5.93. The molecule has 8 nitrogen and oxygen atoms in total. The number of rotatable bonds is 14. The number of nitrogens with one attached hydrogen (secondary N) is 1. The number of nitrogens with zero attached hydrogens (tertiary/aromatic N) is 2. The van der Waals surface area contributed by atoms with E-state index in [1.54, 1.807) is 67.6 Å². The van der Waals surface area contributed by atoms with Crippen LogP contribution >= 0.6 is 23.4 Å². The van der Waals surface area contributed by atoms with E-state index in [2.05, 4.69) is 5.32 Å². The zero-order valence-corrected chi connectivity index (χ0v) is 26.1. The molecule has 41 heavy (non-hydrogen) atoms. The van der Waals surface area contributed by atoms with Gasteiger partial charge in [-0.1, -0.05) is 30.7 Å². The number of likely N-dealkylation sites (N-methyl/N-ethyl adjacent to an activating group) is 1. The summed E-state index contributed by atoms with van der Waals surface area (Å²) >= 11 is 7.56. The number of ether oxygens (including phenoxy) is 1. The maximum Gasteiger partial charge on any atom is 0.264 e. The summed E-state index contributed by atoms with van der Waals surface area (Å²) in [4.78, 5) is 29.5. The molecule has 3 aromatic carbocycles. The van der Waals surface area contributed by atoms with Crippen LogP contribution in [0.5, 0.6) is 5.75 Å². The van der Waals surface area contributed by atoms with Gasteiger partial charge < -0.3 is 15.0 Å². The van der Waals surface area contributed by atoms with Gasteiger partial charge in [0.25, 0.3) is 10.0 Å². The maximum atomic E-state index is 14.0. The SMILES string of the molecule is CCNC(=O)[C@@H](CC)N(Cc1ccc(Cl)cc1)C(=O)CN(c1ccc(OCC)cc1)S(=O)(=O)c1ccc(SC)cc1. The Kier molecular flexibility index (Phi) is 11.9. The maximum absolute atomic E-state index is 14.0. The van der Waals surface area contributed by atoms with Crippen molar-refractivity contribution in [1.29, 1.82) is 0 Å². The van der Waals surface area contributed by atoms with Crippen LogP contribution in [0.15, 0.2) is 82.6 Å². The molecule has 0 bridgehead atoms. The third-order valence-corrected chi connectivity index (χ3v) is 9.15. The third kappa shape index (κ3) is 8.40. The molecule has 0 spiro atoms. The van der Waals surface area contributed by atoms with Gasteiger partial charge in [-0.15, -0.1) is 11.8 Å². The van der Waals surface area contributed by atoms with Crippen LogP contribution in [0, 0.1) is 0 Å². The highest BCUT2D eigenvalue weighted by Crippen LogP contribution is 2.28. The highest BCUT2D eigenvalue weighted by Gasteiger charge is 2.33. The Labute approximate surface area is 252 Å². The first-order valence-corrected chi connectivity index (χ1v) is 16.4. The molecule has 0 saturated heterocycles. The van der Waals surface area contributed by atoms with Gasteiger partial charge in [-0.3, -0.25) is 13.9 Å². The topological polar surface area (TPSA) is 96.0 Å². The van der Waals surface area contributed by atoms with Crippen LogP contribution in [-0.4, -0.2) is 57.1 Å². The lowest BCUT2D eigenvalue weighted by Crippen LogP contribution is -2.52. The van der Waals surface area contributed by atoms with Crippen molar-refractivity contribution < 1.29 is 22.7 Å². The number of carbonyl (C=O) groups is 2. The Bertz CT molecular complexity index is 1400. The Morgan fingerprint density at radius 1 is 0.951 bits per heavy atom. The molecule has 0 aromatic heterocycles. The van der Waals surface area contributed by atoms with E-state index in [1.165, 1.54) is 28.8 Å². The number of amides is 2. The smallest absolute Gasteiger partial charge is 0.264 e. The summed E-state index contributed by atoms with van der Waals surface area (Å²) in [6.07, 6.45) is 2.25. The standard InChI is InChI=1S/C30H36ClN3O5S2/c1-5-28(30(36)32-6-2)33(20-22-8-10-23(31)11-9-22)29(35)21-34(24-12-14-25(15-13-24)39-7-3)41(37,38)27-18-16-26(40-4)17-19-27/h8-19,28H,5-7,20-21H2,1-4H3,(H,32,36)/t28-/m1/s1. The number of anilines is 1. The van der Waals surface area contributed by atoms with Crippen LogP contribution < -0.4 is 14.4 Å². The van der Waals surface area contributed by atoms with Gasteiger partial charge in [-0.05, 0) is 92.8 Å². The van der Waals surface area contributed by atoms with Gasteiger partial charge in [0.1, 0.15) is 18.3 Å². The molecule has 0 fully saturated rings. The lowest BCUT2D eigenvalue weighted by Gasteiger charge is -2.33. The molecule has 1 atom stereocenters. The quantitative estimate of drug-likeness (QED) is 0.237. The summed E-state index contributed by atoms with van der Waals surface area (Å²) in [7, 11) is -4.16. The Morgan fingerprint density at radius 3 is 2.12 bits per heavy atom. The fraction of sp³-hybridized carbons (Fsp3) is 0.333. The number of benzene rings is 3. The van der Waals surface area contributed by atoms with E-state index in [1.807, 2.05) is 20.1 Å². The van der Waals surface area contributed by atoms with Gasteiger partial charge in [-0.2, -0.15) is 0 Å². The number of hydrogen-bond acceptors (Lipinski definition) is 6. The van der Waals surface area contributed by atoms with Crippen LogP contribution in [0.1, 0.15) is 32.8 Å². The molecular formula is C30H36ClN3O5S2. The fourth-order valence-corrected chi connectivity index (χ4v) is 6.23. The molecule has 0 aliphatic rings. The second kappa shape index (κ2) is 15.1. The van der Waals surface area contributed by atoms with E-state index in [0.717, 1.165) is 14.8 Å². The van der Waals surface area contributed by atoms with E-state index in [9.17, 15) is 18.0 Å². The van der Waals surface area contributed by atoms with Crippen molar-refractivity contribution >= 4 is 50.9 Å². The summed E-state index contributed by atoms with van der Waals surface area (Å²) in [5.74, 6) is -0.243. The second-order valence-corrected chi connectivity index (χ2v) is 12.3. The third-order valence-electron chi connectivity index (χ3n) is 6.37. The molecule has 2 amide bonds. The normalized spacial score (nSPS) is 11.9. The zero-order chi connectivity index (χ0) is 30.0. The average Bonchev–Trinajstić information content (AvgIpc) is 2.97. The Balaban J connectivity index is 2.05. The number of hydrogen-bond donors (Lipinski definition) is 1. The number of thioether (sulfide) groups is 1. The molecule has 0 radical (unpaired) electrons. The summed E-state index contributed by atoms with van der Waals surface area (Å²) in [5, 5.41) is 3.34. The van der Waals surface area contributed by atoms with Crippen molar-refractivity contribution in [1.82, 2.24) is 10.2 Å². The van der Waals surface area contributed by atoms with Crippen LogP contribution in [0.3, 0.4) is 0 Å².